The van der Waals surface area contributed by atoms with Crippen LogP contribution in [-0.4, -0.2) is 75.4 Å². The van der Waals surface area contributed by atoms with Crippen LogP contribution in [0.2, 0.25) is 0 Å². The van der Waals surface area contributed by atoms with Gasteiger partial charge in [-0.05, 0) is 24.6 Å². The first-order chi connectivity index (χ1) is 11.7. The van der Waals surface area contributed by atoms with E-state index in [4.69, 9.17) is 14.5 Å². The van der Waals surface area contributed by atoms with Gasteiger partial charge in [-0.1, -0.05) is 0 Å². The van der Waals surface area contributed by atoms with Crippen LogP contribution in [0, 0.1) is 6.92 Å². The molecular weight excluding hydrogens is 330 g/mol. The van der Waals surface area contributed by atoms with Gasteiger partial charge in [0.05, 0.1) is 32.5 Å². The van der Waals surface area contributed by atoms with E-state index in [1.54, 1.807) is 6.92 Å². The van der Waals surface area contributed by atoms with E-state index in [9.17, 15) is 14.4 Å². The highest BCUT2D eigenvalue weighted by Crippen LogP contribution is 2.22. The van der Waals surface area contributed by atoms with Gasteiger partial charge < -0.3 is 0 Å². The number of aryl methyl sites for hydroxylation is 1. The molecule has 0 radical (unpaired) electrons. The van der Waals surface area contributed by atoms with Crippen molar-refractivity contribution in [3.8, 4) is 0 Å². The monoisotopic (exact) mass is 353 g/mol. The van der Waals surface area contributed by atoms with Crippen LogP contribution in [0.1, 0.15) is 36.6 Å². The maximum atomic E-state index is 12.6. The van der Waals surface area contributed by atoms with Crippen molar-refractivity contribution in [2.75, 3.05) is 42.5 Å². The molecule has 0 spiro atoms. The third kappa shape index (κ3) is 4.32. The Kier molecular flexibility index (Phi) is 7.04. The van der Waals surface area contributed by atoms with Crippen LogP contribution < -0.4 is 0 Å². The molecule has 0 saturated heterocycles. The molecule has 0 aliphatic carbocycles. The largest absolute Gasteiger partial charge is 0.278 e. The Morgan fingerprint density at radius 1 is 0.760 bits per heavy atom. The SMILES string of the molecule is CON(C)C(=O)c1cc(C)c(C(=O)N(C)OC)c(C(=O)N(C)OC)c1. The van der Waals surface area contributed by atoms with E-state index >= 15 is 0 Å². The zero-order valence-corrected chi connectivity index (χ0v) is 15.4. The molecule has 1 aromatic rings. The summed E-state index contributed by atoms with van der Waals surface area (Å²) in [4.78, 5) is 52.2. The predicted molar refractivity (Wildman–Crippen MR) is 88.5 cm³/mol. The van der Waals surface area contributed by atoms with Crippen LogP contribution in [0.3, 0.4) is 0 Å². The number of rotatable bonds is 6. The van der Waals surface area contributed by atoms with Gasteiger partial charge in [0.1, 0.15) is 0 Å². The molecule has 0 atom stereocenters. The zero-order valence-electron chi connectivity index (χ0n) is 15.4. The van der Waals surface area contributed by atoms with Crippen molar-refractivity contribution in [2.45, 2.75) is 6.92 Å². The lowest BCUT2D eigenvalue weighted by Crippen LogP contribution is -2.33. The smallest absolute Gasteiger partial charge is 0.274 e. The number of hydroxylamine groups is 6. The minimum Gasteiger partial charge on any atom is -0.274 e. The highest BCUT2D eigenvalue weighted by atomic mass is 16.7. The predicted octanol–water partition coefficient (Wildman–Crippen LogP) is 0.895. The van der Waals surface area contributed by atoms with Crippen molar-refractivity contribution in [3.63, 3.8) is 0 Å². The normalized spacial score (nSPS) is 10.4. The number of amides is 3. The fourth-order valence-electron chi connectivity index (χ4n) is 2.12. The second-order valence-corrected chi connectivity index (χ2v) is 5.17. The maximum absolute atomic E-state index is 12.6. The summed E-state index contributed by atoms with van der Waals surface area (Å²) >= 11 is 0. The van der Waals surface area contributed by atoms with E-state index in [1.165, 1.54) is 54.6 Å². The summed E-state index contributed by atoms with van der Waals surface area (Å²) in [6.45, 7) is 1.63. The second kappa shape index (κ2) is 8.56. The van der Waals surface area contributed by atoms with Gasteiger partial charge in [0.2, 0.25) is 0 Å². The summed E-state index contributed by atoms with van der Waals surface area (Å²) in [5.74, 6) is -1.56. The van der Waals surface area contributed by atoms with E-state index < -0.39 is 17.7 Å². The van der Waals surface area contributed by atoms with Crippen LogP contribution in [0.15, 0.2) is 12.1 Å². The van der Waals surface area contributed by atoms with E-state index in [1.807, 2.05) is 0 Å². The molecule has 0 aromatic heterocycles. The van der Waals surface area contributed by atoms with Gasteiger partial charge >= 0.3 is 0 Å². The standard InChI is InChI=1S/C16H23N3O6/c1-10-8-11(14(20)17(2)23-5)9-12(15(21)18(3)24-6)13(10)16(22)19(4)25-7/h8-9H,1-7H3. The Bertz CT molecular complexity index is 676. The number of carbonyl (C=O) groups is 3. The Morgan fingerprint density at radius 2 is 1.20 bits per heavy atom. The first-order valence-corrected chi connectivity index (χ1v) is 7.30. The van der Waals surface area contributed by atoms with Crippen molar-refractivity contribution in [1.29, 1.82) is 0 Å². The molecule has 1 rings (SSSR count). The van der Waals surface area contributed by atoms with Gasteiger partial charge in [-0.2, -0.15) is 0 Å². The third-order valence-corrected chi connectivity index (χ3v) is 3.71. The second-order valence-electron chi connectivity index (χ2n) is 5.17. The molecule has 0 unspecified atom stereocenters. The molecule has 9 heteroatoms. The van der Waals surface area contributed by atoms with E-state index in [0.29, 0.717) is 5.56 Å². The molecule has 3 amide bonds. The quantitative estimate of drug-likeness (QED) is 0.706. The molecule has 0 fully saturated rings. The van der Waals surface area contributed by atoms with Gasteiger partial charge in [-0.15, -0.1) is 0 Å². The number of hydrogen-bond acceptors (Lipinski definition) is 6. The average molecular weight is 353 g/mol. The summed E-state index contributed by atoms with van der Waals surface area (Å²) in [6.07, 6.45) is 0. The Labute approximate surface area is 146 Å². The fourth-order valence-corrected chi connectivity index (χ4v) is 2.12. The Morgan fingerprint density at radius 3 is 1.68 bits per heavy atom. The molecule has 0 aliphatic rings. The molecule has 0 N–H and O–H groups in total. The lowest BCUT2D eigenvalue weighted by Gasteiger charge is -2.22. The first-order valence-electron chi connectivity index (χ1n) is 7.30. The number of nitrogens with zero attached hydrogens (tertiary/aromatic N) is 3. The van der Waals surface area contributed by atoms with Gasteiger partial charge in [-0.3, -0.25) is 28.9 Å². The number of benzene rings is 1. The van der Waals surface area contributed by atoms with E-state index in [2.05, 4.69) is 0 Å². The van der Waals surface area contributed by atoms with Crippen molar-refractivity contribution in [2.24, 2.45) is 0 Å². The minimum absolute atomic E-state index is 0.0195. The third-order valence-electron chi connectivity index (χ3n) is 3.71. The van der Waals surface area contributed by atoms with Crippen LogP contribution in [-0.2, 0) is 14.5 Å². The van der Waals surface area contributed by atoms with Crippen molar-refractivity contribution < 1.29 is 28.9 Å². The summed E-state index contributed by atoms with van der Waals surface area (Å²) < 4.78 is 0. The van der Waals surface area contributed by atoms with Crippen LogP contribution in [0.4, 0.5) is 0 Å². The molecule has 9 nitrogen and oxygen atoms in total. The Hall–Kier alpha value is -2.49. The molecule has 138 valence electrons. The highest BCUT2D eigenvalue weighted by molar-refractivity contribution is 6.09. The summed E-state index contributed by atoms with van der Waals surface area (Å²) in [5, 5.41) is 2.98. The van der Waals surface area contributed by atoms with Crippen molar-refractivity contribution >= 4 is 17.7 Å². The first kappa shape index (κ1) is 20.6. The molecule has 0 heterocycles. The zero-order chi connectivity index (χ0) is 19.3. The van der Waals surface area contributed by atoms with Gasteiger partial charge in [0, 0.05) is 26.7 Å². The van der Waals surface area contributed by atoms with Crippen LogP contribution >= 0.6 is 0 Å². The minimum atomic E-state index is -0.576. The molecule has 0 aliphatic heterocycles. The summed E-state index contributed by atoms with van der Waals surface area (Å²) in [6, 6.07) is 2.84. The lowest BCUT2D eigenvalue weighted by atomic mass is 9.96. The highest BCUT2D eigenvalue weighted by Gasteiger charge is 2.27. The van der Waals surface area contributed by atoms with Gasteiger partial charge in [0.15, 0.2) is 0 Å². The van der Waals surface area contributed by atoms with Gasteiger partial charge in [0.25, 0.3) is 17.7 Å². The number of hydrogen-bond donors (Lipinski definition) is 0. The Balaban J connectivity index is 3.59. The van der Waals surface area contributed by atoms with Crippen LogP contribution in [0.25, 0.3) is 0 Å². The molecule has 1 aromatic carbocycles. The van der Waals surface area contributed by atoms with E-state index in [0.717, 1.165) is 15.2 Å². The van der Waals surface area contributed by atoms with Crippen molar-refractivity contribution in [3.05, 3.63) is 34.4 Å². The maximum Gasteiger partial charge on any atom is 0.278 e. The molecule has 0 saturated carbocycles. The summed E-state index contributed by atoms with van der Waals surface area (Å²) in [7, 11) is 8.28. The number of carbonyl (C=O) groups excluding carboxylic acids is 3. The average Bonchev–Trinajstić information content (AvgIpc) is 2.63. The van der Waals surface area contributed by atoms with E-state index in [-0.39, 0.29) is 16.7 Å². The van der Waals surface area contributed by atoms with Crippen molar-refractivity contribution in [1.82, 2.24) is 15.2 Å². The van der Waals surface area contributed by atoms with Gasteiger partial charge in [-0.25, -0.2) is 15.2 Å². The molecule has 25 heavy (non-hydrogen) atoms. The summed E-state index contributed by atoms with van der Waals surface area (Å²) in [5.41, 5.74) is 0.782. The topological polar surface area (TPSA) is 88.6 Å². The fraction of sp³-hybridized carbons (Fsp3) is 0.438. The lowest BCUT2D eigenvalue weighted by molar-refractivity contribution is -0.0781. The van der Waals surface area contributed by atoms with Crippen LogP contribution in [0.5, 0.6) is 0 Å². The molecule has 0 bridgehead atoms. The molecular formula is C16H23N3O6.